The zero-order valence-corrected chi connectivity index (χ0v) is 10.6. The molecule has 0 saturated carbocycles. The molecule has 0 heterocycles. The van der Waals surface area contributed by atoms with Crippen molar-refractivity contribution in [3.8, 4) is 0 Å². The number of anilines is 1. The van der Waals surface area contributed by atoms with Gasteiger partial charge in [-0.15, -0.1) is 0 Å². The van der Waals surface area contributed by atoms with Crippen molar-refractivity contribution in [1.29, 1.82) is 0 Å². The third kappa shape index (κ3) is 4.34. The molecular weight excluding hydrogens is 216 g/mol. The Labute approximate surface area is 103 Å². The van der Waals surface area contributed by atoms with E-state index in [1.54, 1.807) is 0 Å². The van der Waals surface area contributed by atoms with Gasteiger partial charge in [0.15, 0.2) is 0 Å². The largest absolute Gasteiger partial charge is 0.395 e. The molecule has 0 aliphatic heterocycles. The fourth-order valence-electron chi connectivity index (χ4n) is 1.87. The molecule has 2 N–H and O–H groups in total. The average molecular weight is 238 g/mol. The Morgan fingerprint density at radius 3 is 2.12 bits per heavy atom. The molecule has 0 unspecified atom stereocenters. The highest BCUT2D eigenvalue weighted by molar-refractivity contribution is 5.52. The van der Waals surface area contributed by atoms with Crippen molar-refractivity contribution in [2.75, 3.05) is 45.3 Å². The summed E-state index contributed by atoms with van der Waals surface area (Å²) in [5.41, 5.74) is 2.38. The van der Waals surface area contributed by atoms with E-state index in [1.807, 2.05) is 31.1 Å². The first-order valence-corrected chi connectivity index (χ1v) is 5.88. The SMILES string of the molecule is CN(C)c1ccccc1CN(CCO)CCO. The van der Waals surface area contributed by atoms with Crippen molar-refractivity contribution in [2.24, 2.45) is 0 Å². The molecule has 1 aromatic rings. The number of rotatable bonds is 7. The second-order valence-electron chi connectivity index (χ2n) is 4.25. The second-order valence-corrected chi connectivity index (χ2v) is 4.25. The first kappa shape index (κ1) is 14.0. The van der Waals surface area contributed by atoms with E-state index in [-0.39, 0.29) is 13.2 Å². The Hall–Kier alpha value is -1.10. The standard InChI is InChI=1S/C13H22N2O2/c1-14(2)13-6-4-3-5-12(13)11-15(7-9-16)8-10-17/h3-6,16-17H,7-11H2,1-2H3. The van der Waals surface area contributed by atoms with Gasteiger partial charge in [-0.1, -0.05) is 18.2 Å². The molecule has 0 aliphatic carbocycles. The first-order valence-electron chi connectivity index (χ1n) is 5.88. The van der Waals surface area contributed by atoms with Gasteiger partial charge in [-0.05, 0) is 11.6 Å². The lowest BCUT2D eigenvalue weighted by Gasteiger charge is -2.24. The van der Waals surface area contributed by atoms with Gasteiger partial charge in [-0.2, -0.15) is 0 Å². The van der Waals surface area contributed by atoms with Gasteiger partial charge in [0.25, 0.3) is 0 Å². The Balaban J connectivity index is 2.77. The van der Waals surface area contributed by atoms with Crippen LogP contribution < -0.4 is 4.90 Å². The normalized spacial score (nSPS) is 10.9. The Morgan fingerprint density at radius 2 is 1.59 bits per heavy atom. The molecule has 1 aromatic carbocycles. The number of benzene rings is 1. The zero-order valence-electron chi connectivity index (χ0n) is 10.6. The minimum absolute atomic E-state index is 0.115. The van der Waals surface area contributed by atoms with E-state index < -0.39 is 0 Å². The van der Waals surface area contributed by atoms with Crippen LogP contribution in [0.2, 0.25) is 0 Å². The monoisotopic (exact) mass is 238 g/mol. The van der Waals surface area contributed by atoms with Crippen molar-refractivity contribution in [1.82, 2.24) is 4.90 Å². The van der Waals surface area contributed by atoms with Crippen LogP contribution in [0, 0.1) is 0 Å². The van der Waals surface area contributed by atoms with Crippen LogP contribution in [0.25, 0.3) is 0 Å². The fraction of sp³-hybridized carbons (Fsp3) is 0.538. The summed E-state index contributed by atoms with van der Waals surface area (Å²) in [4.78, 5) is 4.12. The van der Waals surface area contributed by atoms with Gasteiger partial charge < -0.3 is 15.1 Å². The summed E-state index contributed by atoms with van der Waals surface area (Å²) in [7, 11) is 4.03. The summed E-state index contributed by atoms with van der Waals surface area (Å²) < 4.78 is 0. The van der Waals surface area contributed by atoms with Gasteiger partial charge in [-0.25, -0.2) is 0 Å². The van der Waals surface area contributed by atoms with Crippen LogP contribution in [-0.4, -0.2) is 55.5 Å². The van der Waals surface area contributed by atoms with Gasteiger partial charge in [-0.3, -0.25) is 4.90 Å². The summed E-state index contributed by atoms with van der Waals surface area (Å²) in [5, 5.41) is 18.0. The van der Waals surface area contributed by atoms with Crippen molar-refractivity contribution in [3.05, 3.63) is 29.8 Å². The summed E-state index contributed by atoms with van der Waals surface area (Å²) in [6.07, 6.45) is 0. The van der Waals surface area contributed by atoms with Crippen LogP contribution in [-0.2, 0) is 6.54 Å². The van der Waals surface area contributed by atoms with Gasteiger partial charge in [0, 0.05) is 39.4 Å². The first-order chi connectivity index (χ1) is 8.19. The molecule has 1 rings (SSSR count). The topological polar surface area (TPSA) is 46.9 Å². The third-order valence-electron chi connectivity index (χ3n) is 2.70. The lowest BCUT2D eigenvalue weighted by molar-refractivity contribution is 0.156. The van der Waals surface area contributed by atoms with Crippen molar-refractivity contribution >= 4 is 5.69 Å². The smallest absolute Gasteiger partial charge is 0.0558 e. The van der Waals surface area contributed by atoms with Crippen LogP contribution in [0.5, 0.6) is 0 Å². The third-order valence-corrected chi connectivity index (χ3v) is 2.70. The Bertz CT molecular complexity index is 323. The van der Waals surface area contributed by atoms with E-state index in [0.29, 0.717) is 13.1 Å². The minimum Gasteiger partial charge on any atom is -0.395 e. The molecule has 0 aliphatic rings. The quantitative estimate of drug-likeness (QED) is 0.728. The lowest BCUT2D eigenvalue weighted by atomic mass is 10.1. The van der Waals surface area contributed by atoms with Gasteiger partial charge in [0.1, 0.15) is 0 Å². The molecule has 4 nitrogen and oxygen atoms in total. The Kier molecular flexibility index (Phi) is 5.97. The molecule has 0 amide bonds. The molecule has 4 heteroatoms. The average Bonchev–Trinajstić information content (AvgIpc) is 2.30. The van der Waals surface area contributed by atoms with E-state index in [0.717, 1.165) is 6.54 Å². The minimum atomic E-state index is 0.115. The lowest BCUT2D eigenvalue weighted by Crippen LogP contribution is -2.30. The van der Waals surface area contributed by atoms with E-state index in [2.05, 4.69) is 17.0 Å². The van der Waals surface area contributed by atoms with E-state index in [1.165, 1.54) is 11.3 Å². The van der Waals surface area contributed by atoms with Crippen LogP contribution in [0.15, 0.2) is 24.3 Å². The maximum Gasteiger partial charge on any atom is 0.0558 e. The molecule has 17 heavy (non-hydrogen) atoms. The molecule has 0 atom stereocenters. The molecule has 0 spiro atoms. The fourth-order valence-corrected chi connectivity index (χ4v) is 1.87. The van der Waals surface area contributed by atoms with Gasteiger partial charge in [0.05, 0.1) is 13.2 Å². The van der Waals surface area contributed by atoms with Crippen LogP contribution in [0.1, 0.15) is 5.56 Å². The van der Waals surface area contributed by atoms with Crippen LogP contribution in [0.3, 0.4) is 0 Å². The van der Waals surface area contributed by atoms with E-state index >= 15 is 0 Å². The summed E-state index contributed by atoms with van der Waals surface area (Å²) >= 11 is 0. The zero-order chi connectivity index (χ0) is 12.7. The molecule has 0 fully saturated rings. The maximum atomic E-state index is 8.99. The highest BCUT2D eigenvalue weighted by Gasteiger charge is 2.09. The number of hydrogen-bond donors (Lipinski definition) is 2. The maximum absolute atomic E-state index is 8.99. The number of nitrogens with zero attached hydrogens (tertiary/aromatic N) is 2. The van der Waals surface area contributed by atoms with Crippen molar-refractivity contribution < 1.29 is 10.2 Å². The van der Waals surface area contributed by atoms with Crippen LogP contribution >= 0.6 is 0 Å². The van der Waals surface area contributed by atoms with Gasteiger partial charge >= 0.3 is 0 Å². The summed E-state index contributed by atoms with van der Waals surface area (Å²) in [6.45, 7) is 2.15. The number of aliphatic hydroxyl groups is 2. The summed E-state index contributed by atoms with van der Waals surface area (Å²) in [5.74, 6) is 0. The highest BCUT2D eigenvalue weighted by atomic mass is 16.3. The predicted octanol–water partition coefficient (Wildman–Crippen LogP) is 0.539. The summed E-state index contributed by atoms with van der Waals surface area (Å²) in [6, 6.07) is 8.18. The van der Waals surface area contributed by atoms with Crippen molar-refractivity contribution in [2.45, 2.75) is 6.54 Å². The molecule has 0 saturated heterocycles. The second kappa shape index (κ2) is 7.27. The number of para-hydroxylation sites is 1. The molecule has 0 bridgehead atoms. The predicted molar refractivity (Wildman–Crippen MR) is 70.2 cm³/mol. The molecule has 0 aromatic heterocycles. The molecular formula is C13H22N2O2. The Morgan fingerprint density at radius 1 is 1.00 bits per heavy atom. The molecule has 96 valence electrons. The van der Waals surface area contributed by atoms with Gasteiger partial charge in [0.2, 0.25) is 0 Å². The van der Waals surface area contributed by atoms with E-state index in [4.69, 9.17) is 10.2 Å². The van der Waals surface area contributed by atoms with E-state index in [9.17, 15) is 0 Å². The highest BCUT2D eigenvalue weighted by Crippen LogP contribution is 2.19. The number of hydrogen-bond acceptors (Lipinski definition) is 4. The molecule has 0 radical (unpaired) electrons. The number of aliphatic hydroxyl groups excluding tert-OH is 2. The van der Waals surface area contributed by atoms with Crippen molar-refractivity contribution in [3.63, 3.8) is 0 Å². The van der Waals surface area contributed by atoms with Crippen LogP contribution in [0.4, 0.5) is 5.69 Å².